The Labute approximate surface area is 89.6 Å². The fourth-order valence-electron chi connectivity index (χ4n) is 1.97. The Hall–Kier alpha value is -1.06. The van der Waals surface area contributed by atoms with Crippen LogP contribution in [0.3, 0.4) is 0 Å². The first-order valence-corrected chi connectivity index (χ1v) is 5.15. The Kier molecular flexibility index (Phi) is 3.07. The summed E-state index contributed by atoms with van der Waals surface area (Å²) in [5, 5.41) is 8.92. The molecule has 3 unspecified atom stereocenters. The smallest absolute Gasteiger partial charge is 0.309 e. The van der Waals surface area contributed by atoms with E-state index in [-0.39, 0.29) is 17.3 Å². The van der Waals surface area contributed by atoms with E-state index in [1.807, 2.05) is 20.8 Å². The van der Waals surface area contributed by atoms with E-state index in [0.717, 1.165) is 0 Å². The highest BCUT2D eigenvalue weighted by Crippen LogP contribution is 2.40. The number of carboxylic acid groups (broad SMARTS) is 1. The van der Waals surface area contributed by atoms with Gasteiger partial charge in [-0.15, -0.1) is 0 Å². The highest BCUT2D eigenvalue weighted by atomic mass is 16.6. The van der Waals surface area contributed by atoms with Gasteiger partial charge in [0.15, 0.2) is 0 Å². The molecular formula is C11H18O4. The summed E-state index contributed by atoms with van der Waals surface area (Å²) in [7, 11) is 0. The maximum Gasteiger partial charge on any atom is 0.309 e. The molecule has 1 rings (SSSR count). The molecule has 0 aromatic rings. The summed E-state index contributed by atoms with van der Waals surface area (Å²) in [4.78, 5) is 22.1. The number of carbonyl (C=O) groups is 2. The summed E-state index contributed by atoms with van der Waals surface area (Å²) < 4.78 is 5.10. The van der Waals surface area contributed by atoms with Crippen molar-refractivity contribution < 1.29 is 19.4 Å². The van der Waals surface area contributed by atoms with Gasteiger partial charge in [0.25, 0.3) is 0 Å². The SMILES string of the molecule is CC(C(=O)O)C1OC(=O)CC1C(C)(C)C. The lowest BCUT2D eigenvalue weighted by atomic mass is 9.74. The average Bonchev–Trinajstić information content (AvgIpc) is 2.44. The van der Waals surface area contributed by atoms with Crippen LogP contribution in [0.25, 0.3) is 0 Å². The number of ether oxygens (including phenoxy) is 1. The van der Waals surface area contributed by atoms with Crippen LogP contribution < -0.4 is 0 Å². The van der Waals surface area contributed by atoms with Gasteiger partial charge in [0.05, 0.1) is 12.3 Å². The van der Waals surface area contributed by atoms with Crippen molar-refractivity contribution in [2.24, 2.45) is 17.3 Å². The van der Waals surface area contributed by atoms with Crippen molar-refractivity contribution in [3.8, 4) is 0 Å². The molecule has 1 aliphatic rings. The quantitative estimate of drug-likeness (QED) is 0.710. The molecule has 1 N–H and O–H groups in total. The Morgan fingerprint density at radius 2 is 2.07 bits per heavy atom. The van der Waals surface area contributed by atoms with E-state index in [1.54, 1.807) is 6.92 Å². The zero-order chi connectivity index (χ0) is 11.8. The first-order chi connectivity index (χ1) is 6.73. The lowest BCUT2D eigenvalue weighted by Crippen LogP contribution is -2.36. The third kappa shape index (κ3) is 2.49. The second-order valence-electron chi connectivity index (χ2n) is 5.26. The number of carboxylic acids is 1. The third-order valence-electron chi connectivity index (χ3n) is 3.05. The van der Waals surface area contributed by atoms with Crippen LogP contribution in [0.1, 0.15) is 34.1 Å². The standard InChI is InChI=1S/C11H18O4/c1-6(10(13)14)9-7(11(2,3)4)5-8(12)15-9/h6-7,9H,5H2,1-4H3,(H,13,14). The number of rotatable bonds is 2. The predicted molar refractivity (Wildman–Crippen MR) is 54.2 cm³/mol. The van der Waals surface area contributed by atoms with Crippen molar-refractivity contribution in [2.75, 3.05) is 0 Å². The van der Waals surface area contributed by atoms with E-state index >= 15 is 0 Å². The van der Waals surface area contributed by atoms with Gasteiger partial charge in [-0.3, -0.25) is 9.59 Å². The van der Waals surface area contributed by atoms with Gasteiger partial charge in [0.1, 0.15) is 6.10 Å². The van der Waals surface area contributed by atoms with E-state index in [0.29, 0.717) is 6.42 Å². The van der Waals surface area contributed by atoms with E-state index < -0.39 is 18.0 Å². The summed E-state index contributed by atoms with van der Waals surface area (Å²) in [5.41, 5.74) is -0.111. The van der Waals surface area contributed by atoms with E-state index in [1.165, 1.54) is 0 Å². The molecule has 86 valence electrons. The molecule has 15 heavy (non-hydrogen) atoms. The monoisotopic (exact) mass is 214 g/mol. The Morgan fingerprint density at radius 1 is 1.53 bits per heavy atom. The van der Waals surface area contributed by atoms with E-state index in [4.69, 9.17) is 9.84 Å². The molecule has 0 saturated carbocycles. The van der Waals surface area contributed by atoms with Crippen LogP contribution in [0, 0.1) is 17.3 Å². The predicted octanol–water partition coefficient (Wildman–Crippen LogP) is 1.68. The van der Waals surface area contributed by atoms with Crippen LogP contribution in [-0.2, 0) is 14.3 Å². The normalized spacial score (nSPS) is 28.7. The molecule has 0 aromatic heterocycles. The molecule has 1 aliphatic heterocycles. The molecule has 0 amide bonds. The summed E-state index contributed by atoms with van der Waals surface area (Å²) >= 11 is 0. The minimum absolute atomic E-state index is 0.0175. The van der Waals surface area contributed by atoms with Crippen LogP contribution in [-0.4, -0.2) is 23.1 Å². The van der Waals surface area contributed by atoms with Gasteiger partial charge in [-0.2, -0.15) is 0 Å². The van der Waals surface area contributed by atoms with Crippen LogP contribution in [0.2, 0.25) is 0 Å². The number of hydrogen-bond acceptors (Lipinski definition) is 3. The third-order valence-corrected chi connectivity index (χ3v) is 3.05. The lowest BCUT2D eigenvalue weighted by Gasteiger charge is -2.31. The van der Waals surface area contributed by atoms with Gasteiger partial charge in [-0.1, -0.05) is 20.8 Å². The highest BCUT2D eigenvalue weighted by molar-refractivity contribution is 5.75. The van der Waals surface area contributed by atoms with Crippen LogP contribution in [0.4, 0.5) is 0 Å². The number of aliphatic carboxylic acids is 1. The van der Waals surface area contributed by atoms with Gasteiger partial charge < -0.3 is 9.84 Å². The van der Waals surface area contributed by atoms with Gasteiger partial charge in [0, 0.05) is 5.92 Å². The van der Waals surface area contributed by atoms with Crippen LogP contribution in [0.5, 0.6) is 0 Å². The van der Waals surface area contributed by atoms with Crippen molar-refractivity contribution in [3.63, 3.8) is 0 Å². The lowest BCUT2D eigenvalue weighted by molar-refractivity contribution is -0.152. The second kappa shape index (κ2) is 3.83. The minimum atomic E-state index is -0.913. The summed E-state index contributed by atoms with van der Waals surface area (Å²) in [6, 6.07) is 0. The maximum atomic E-state index is 11.2. The fourth-order valence-corrected chi connectivity index (χ4v) is 1.97. The molecule has 0 spiro atoms. The molecule has 1 heterocycles. The zero-order valence-corrected chi connectivity index (χ0v) is 9.61. The number of hydrogen-bond donors (Lipinski definition) is 1. The van der Waals surface area contributed by atoms with Crippen molar-refractivity contribution in [3.05, 3.63) is 0 Å². The first-order valence-electron chi connectivity index (χ1n) is 5.15. The molecule has 4 nitrogen and oxygen atoms in total. The average molecular weight is 214 g/mol. The number of esters is 1. The molecule has 1 fully saturated rings. The Bertz CT molecular complexity index is 277. The van der Waals surface area contributed by atoms with E-state index in [9.17, 15) is 9.59 Å². The maximum absolute atomic E-state index is 11.2. The Morgan fingerprint density at radius 3 is 2.47 bits per heavy atom. The van der Waals surface area contributed by atoms with Crippen molar-refractivity contribution >= 4 is 11.9 Å². The van der Waals surface area contributed by atoms with Crippen LogP contribution >= 0.6 is 0 Å². The molecule has 4 heteroatoms. The summed E-state index contributed by atoms with van der Waals surface area (Å²) in [6.45, 7) is 7.59. The largest absolute Gasteiger partial charge is 0.481 e. The minimum Gasteiger partial charge on any atom is -0.481 e. The zero-order valence-electron chi connectivity index (χ0n) is 9.61. The van der Waals surface area contributed by atoms with Gasteiger partial charge in [-0.25, -0.2) is 0 Å². The van der Waals surface area contributed by atoms with Crippen molar-refractivity contribution in [1.82, 2.24) is 0 Å². The molecule has 0 bridgehead atoms. The van der Waals surface area contributed by atoms with Gasteiger partial charge >= 0.3 is 11.9 Å². The Balaban J connectivity index is 2.87. The molecular weight excluding hydrogens is 196 g/mol. The van der Waals surface area contributed by atoms with Gasteiger partial charge in [0.2, 0.25) is 0 Å². The fraction of sp³-hybridized carbons (Fsp3) is 0.818. The molecule has 0 aliphatic carbocycles. The highest BCUT2D eigenvalue weighted by Gasteiger charge is 2.46. The van der Waals surface area contributed by atoms with E-state index in [2.05, 4.69) is 0 Å². The number of cyclic esters (lactones) is 1. The van der Waals surface area contributed by atoms with Crippen LogP contribution in [0.15, 0.2) is 0 Å². The molecule has 0 radical (unpaired) electrons. The molecule has 1 saturated heterocycles. The molecule has 3 atom stereocenters. The van der Waals surface area contributed by atoms with Crippen molar-refractivity contribution in [1.29, 1.82) is 0 Å². The first kappa shape index (κ1) is 12.0. The topological polar surface area (TPSA) is 63.6 Å². The van der Waals surface area contributed by atoms with Crippen molar-refractivity contribution in [2.45, 2.75) is 40.2 Å². The summed E-state index contributed by atoms with van der Waals surface area (Å²) in [6.07, 6.45) is -0.166. The van der Waals surface area contributed by atoms with Gasteiger partial charge in [-0.05, 0) is 12.3 Å². The summed E-state index contributed by atoms with van der Waals surface area (Å²) in [5.74, 6) is -1.85. The number of carbonyl (C=O) groups excluding carboxylic acids is 1. The second-order valence-corrected chi connectivity index (χ2v) is 5.26. The molecule has 0 aromatic carbocycles.